The zero-order valence-electron chi connectivity index (χ0n) is 18.5. The van der Waals surface area contributed by atoms with Gasteiger partial charge in [-0.3, -0.25) is 9.59 Å². The quantitative estimate of drug-likeness (QED) is 0.441. The van der Waals surface area contributed by atoms with E-state index in [1.807, 2.05) is 34.9 Å². The first-order valence-electron chi connectivity index (χ1n) is 10.6. The summed E-state index contributed by atoms with van der Waals surface area (Å²) in [6.07, 6.45) is -3.35. The molecule has 0 aliphatic carbocycles. The molecule has 2 amide bonds. The first-order valence-corrected chi connectivity index (χ1v) is 11.5. The van der Waals surface area contributed by atoms with Gasteiger partial charge in [0.05, 0.1) is 5.69 Å². The number of ether oxygens (including phenoxy) is 1. The van der Waals surface area contributed by atoms with Crippen LogP contribution in [-0.4, -0.2) is 29.3 Å². The van der Waals surface area contributed by atoms with E-state index >= 15 is 0 Å². The molecule has 0 aliphatic rings. The Morgan fingerprint density at radius 3 is 2.44 bits per heavy atom. The van der Waals surface area contributed by atoms with E-state index in [2.05, 4.69) is 15.0 Å². The maximum atomic E-state index is 12.5. The summed E-state index contributed by atoms with van der Waals surface area (Å²) in [6.45, 7) is 2.34. The lowest BCUT2D eigenvalue weighted by molar-refractivity contribution is -0.274. The topological polar surface area (TPSA) is 72.7 Å². The second-order valence-electron chi connectivity index (χ2n) is 7.45. The molecule has 0 fully saturated rings. The van der Waals surface area contributed by atoms with Gasteiger partial charge in [-0.05, 0) is 48.2 Å². The van der Waals surface area contributed by atoms with Crippen molar-refractivity contribution in [2.75, 3.05) is 6.54 Å². The second kappa shape index (κ2) is 11.6. The highest BCUT2D eigenvalue weighted by molar-refractivity contribution is 7.07. The fourth-order valence-corrected chi connectivity index (χ4v) is 4.20. The van der Waals surface area contributed by atoms with Crippen LogP contribution in [0.3, 0.4) is 0 Å². The minimum atomic E-state index is -4.76. The number of carbonyl (C=O) groups excluding carboxylic acids is 2. The molecule has 3 aromatic rings. The molecular formula is C24H24F3N3O3S. The van der Waals surface area contributed by atoms with Crippen LogP contribution in [0.5, 0.6) is 5.75 Å². The van der Waals surface area contributed by atoms with Crippen LogP contribution in [0.4, 0.5) is 13.2 Å². The third-order valence-corrected chi connectivity index (χ3v) is 5.67. The minimum Gasteiger partial charge on any atom is -0.406 e. The Morgan fingerprint density at radius 2 is 1.79 bits per heavy atom. The molecule has 0 saturated carbocycles. The molecule has 0 bridgehead atoms. The van der Waals surface area contributed by atoms with Crippen LogP contribution in [0.25, 0.3) is 11.3 Å². The van der Waals surface area contributed by atoms with Crippen LogP contribution < -0.4 is 14.9 Å². The summed E-state index contributed by atoms with van der Waals surface area (Å²) in [7, 11) is 0. The largest absolute Gasteiger partial charge is 0.573 e. The summed E-state index contributed by atoms with van der Waals surface area (Å²) in [5.41, 5.74) is 2.41. The van der Waals surface area contributed by atoms with E-state index in [0.717, 1.165) is 5.56 Å². The van der Waals surface area contributed by atoms with Gasteiger partial charge >= 0.3 is 6.36 Å². The summed E-state index contributed by atoms with van der Waals surface area (Å²) in [4.78, 5) is 28.5. The summed E-state index contributed by atoms with van der Waals surface area (Å²) in [5, 5.41) is 4.53. The van der Waals surface area contributed by atoms with Crippen molar-refractivity contribution in [2.45, 2.75) is 39.1 Å². The van der Waals surface area contributed by atoms with Gasteiger partial charge in [-0.1, -0.05) is 30.3 Å². The van der Waals surface area contributed by atoms with Crippen molar-refractivity contribution in [3.05, 3.63) is 70.3 Å². The number of amides is 2. The molecule has 34 heavy (non-hydrogen) atoms. The monoisotopic (exact) mass is 491 g/mol. The van der Waals surface area contributed by atoms with Crippen molar-refractivity contribution in [2.24, 2.45) is 4.99 Å². The number of halogens is 3. The van der Waals surface area contributed by atoms with Gasteiger partial charge in [0.2, 0.25) is 11.8 Å². The van der Waals surface area contributed by atoms with E-state index in [1.54, 1.807) is 5.38 Å². The maximum Gasteiger partial charge on any atom is 0.573 e. The fraction of sp³-hybridized carbons (Fsp3) is 0.292. The molecule has 2 aromatic carbocycles. The van der Waals surface area contributed by atoms with Crippen molar-refractivity contribution in [1.82, 2.24) is 9.88 Å². The Kier molecular flexibility index (Phi) is 8.64. The third-order valence-electron chi connectivity index (χ3n) is 4.80. The second-order valence-corrected chi connectivity index (χ2v) is 8.29. The Balaban J connectivity index is 1.82. The molecule has 3 rings (SSSR count). The van der Waals surface area contributed by atoms with Gasteiger partial charge in [0, 0.05) is 31.8 Å². The number of carbonyl (C=O) groups is 2. The van der Waals surface area contributed by atoms with E-state index in [4.69, 9.17) is 0 Å². The molecule has 0 spiro atoms. The Labute approximate surface area is 198 Å². The van der Waals surface area contributed by atoms with Crippen molar-refractivity contribution in [1.29, 1.82) is 0 Å². The molecule has 0 radical (unpaired) electrons. The molecule has 1 N–H and O–H groups in total. The Morgan fingerprint density at radius 1 is 1.09 bits per heavy atom. The van der Waals surface area contributed by atoms with Crippen LogP contribution in [0.1, 0.15) is 25.3 Å². The molecule has 0 aliphatic heterocycles. The Hall–Kier alpha value is -3.40. The predicted octanol–water partition coefficient (Wildman–Crippen LogP) is 4.70. The predicted molar refractivity (Wildman–Crippen MR) is 123 cm³/mol. The number of aromatic nitrogens is 1. The van der Waals surface area contributed by atoms with Crippen molar-refractivity contribution >= 4 is 23.2 Å². The average Bonchev–Trinajstić information content (AvgIpc) is 3.17. The van der Waals surface area contributed by atoms with Gasteiger partial charge in [0.1, 0.15) is 5.75 Å². The number of thiazole rings is 1. The van der Waals surface area contributed by atoms with Crippen molar-refractivity contribution in [3.8, 4) is 17.0 Å². The molecule has 180 valence electrons. The van der Waals surface area contributed by atoms with Gasteiger partial charge in [0.25, 0.3) is 0 Å². The first kappa shape index (κ1) is 25.2. The minimum absolute atomic E-state index is 0.142. The lowest BCUT2D eigenvalue weighted by Crippen LogP contribution is -2.24. The summed E-state index contributed by atoms with van der Waals surface area (Å²) in [6, 6.07) is 15.2. The summed E-state index contributed by atoms with van der Waals surface area (Å²) in [5.74, 6) is -0.719. The smallest absolute Gasteiger partial charge is 0.406 e. The number of rotatable bonds is 9. The Bertz CT molecular complexity index is 1170. The van der Waals surface area contributed by atoms with Crippen LogP contribution in [0, 0.1) is 0 Å². The third kappa shape index (κ3) is 7.87. The van der Waals surface area contributed by atoms with Crippen molar-refractivity contribution < 1.29 is 27.5 Å². The van der Waals surface area contributed by atoms with Gasteiger partial charge in [-0.15, -0.1) is 24.5 Å². The van der Waals surface area contributed by atoms with Gasteiger partial charge < -0.3 is 14.6 Å². The van der Waals surface area contributed by atoms with Crippen LogP contribution in [-0.2, 0) is 22.6 Å². The number of benzene rings is 2. The van der Waals surface area contributed by atoms with Crippen LogP contribution in [0.15, 0.2) is 65.0 Å². The SMILES string of the molecule is CC(=O)NCCCn1c(-c2ccc(OC(F)(F)F)cc2)cs/c1=N\C(=O)CCc1ccccc1. The standard InChI is InChI=1S/C24H24F3N3O3S/c1-17(31)28-14-5-15-30-21(19-9-11-20(12-10-19)33-24(25,26)27)16-34-23(30)29-22(32)13-8-18-6-3-2-4-7-18/h2-4,6-7,9-12,16H,5,8,13-15H2,1H3,(H,28,31)/b29-23-. The van der Waals surface area contributed by atoms with Gasteiger partial charge in [-0.2, -0.15) is 4.99 Å². The maximum absolute atomic E-state index is 12.5. The number of hydrogen-bond donors (Lipinski definition) is 1. The number of hydrogen-bond acceptors (Lipinski definition) is 4. The molecule has 1 heterocycles. The zero-order valence-corrected chi connectivity index (χ0v) is 19.3. The van der Waals surface area contributed by atoms with Gasteiger partial charge in [-0.25, -0.2) is 0 Å². The summed E-state index contributed by atoms with van der Waals surface area (Å²) >= 11 is 1.28. The lowest BCUT2D eigenvalue weighted by atomic mass is 10.1. The van der Waals surface area contributed by atoms with E-state index in [1.165, 1.54) is 42.5 Å². The lowest BCUT2D eigenvalue weighted by Gasteiger charge is -2.11. The summed E-state index contributed by atoms with van der Waals surface area (Å²) < 4.78 is 43.1. The number of aryl methyl sites for hydroxylation is 1. The highest BCUT2D eigenvalue weighted by Gasteiger charge is 2.31. The van der Waals surface area contributed by atoms with Crippen molar-refractivity contribution in [3.63, 3.8) is 0 Å². The zero-order chi connectivity index (χ0) is 24.6. The molecule has 0 unspecified atom stereocenters. The average molecular weight is 492 g/mol. The molecular weight excluding hydrogens is 467 g/mol. The highest BCUT2D eigenvalue weighted by Crippen LogP contribution is 2.27. The molecule has 10 heteroatoms. The first-order chi connectivity index (χ1) is 16.2. The number of nitrogens with zero attached hydrogens (tertiary/aromatic N) is 2. The molecule has 0 atom stereocenters. The molecule has 6 nitrogen and oxygen atoms in total. The van der Waals surface area contributed by atoms with E-state index in [0.29, 0.717) is 42.0 Å². The normalized spacial score (nSPS) is 11.9. The number of nitrogens with one attached hydrogen (secondary N) is 1. The van der Waals surface area contributed by atoms with Crippen LogP contribution >= 0.6 is 11.3 Å². The van der Waals surface area contributed by atoms with Crippen LogP contribution in [0.2, 0.25) is 0 Å². The van der Waals surface area contributed by atoms with E-state index in [-0.39, 0.29) is 24.0 Å². The number of alkyl halides is 3. The fourth-order valence-electron chi connectivity index (χ4n) is 3.25. The van der Waals surface area contributed by atoms with E-state index < -0.39 is 6.36 Å². The molecule has 1 aromatic heterocycles. The van der Waals surface area contributed by atoms with E-state index in [9.17, 15) is 22.8 Å². The highest BCUT2D eigenvalue weighted by atomic mass is 32.1. The molecule has 0 saturated heterocycles. The van der Waals surface area contributed by atoms with Gasteiger partial charge in [0.15, 0.2) is 4.80 Å².